The van der Waals surface area contributed by atoms with Crippen molar-refractivity contribution < 1.29 is 19.4 Å². The van der Waals surface area contributed by atoms with Crippen LogP contribution in [0.3, 0.4) is 0 Å². The molecule has 0 radical (unpaired) electrons. The lowest BCUT2D eigenvalue weighted by Gasteiger charge is -2.30. The van der Waals surface area contributed by atoms with E-state index in [1.54, 1.807) is 17.0 Å². The number of piperidine rings is 1. The van der Waals surface area contributed by atoms with Crippen LogP contribution in [0.4, 0.5) is 0 Å². The van der Waals surface area contributed by atoms with Crippen LogP contribution in [0, 0.1) is 5.92 Å². The summed E-state index contributed by atoms with van der Waals surface area (Å²) in [5.74, 6) is -0.579. The van der Waals surface area contributed by atoms with Crippen LogP contribution >= 0.6 is 0 Å². The molecule has 0 atom stereocenters. The van der Waals surface area contributed by atoms with Crippen molar-refractivity contribution in [2.24, 2.45) is 5.92 Å². The Morgan fingerprint density at radius 3 is 2.57 bits per heavy atom. The number of hydrogen-bond acceptors (Lipinski definition) is 3. The van der Waals surface area contributed by atoms with E-state index in [-0.39, 0.29) is 11.8 Å². The maximum absolute atomic E-state index is 12.6. The highest BCUT2D eigenvalue weighted by molar-refractivity contribution is 5.97. The highest BCUT2D eigenvalue weighted by Crippen LogP contribution is 2.24. The van der Waals surface area contributed by atoms with Crippen LogP contribution in [-0.4, -0.2) is 41.6 Å². The van der Waals surface area contributed by atoms with Gasteiger partial charge in [-0.25, -0.2) is 0 Å². The number of carbonyl (C=O) groups excluding carboxylic acids is 1. The molecule has 5 nitrogen and oxygen atoms in total. The Kier molecular flexibility index (Phi) is 5.20. The zero-order chi connectivity index (χ0) is 15.2. The van der Waals surface area contributed by atoms with E-state index in [0.29, 0.717) is 43.9 Å². The van der Waals surface area contributed by atoms with Crippen molar-refractivity contribution in [2.45, 2.75) is 26.2 Å². The van der Waals surface area contributed by atoms with Gasteiger partial charge in [0.2, 0.25) is 0 Å². The van der Waals surface area contributed by atoms with E-state index in [0.717, 1.165) is 6.42 Å². The lowest BCUT2D eigenvalue weighted by molar-refractivity contribution is -0.143. The molecule has 0 aliphatic carbocycles. The van der Waals surface area contributed by atoms with Crippen LogP contribution in [0.1, 0.15) is 36.5 Å². The Morgan fingerprint density at radius 1 is 1.29 bits per heavy atom. The summed E-state index contributed by atoms with van der Waals surface area (Å²) in [6, 6.07) is 7.22. The van der Waals surface area contributed by atoms with Gasteiger partial charge in [0.25, 0.3) is 5.91 Å². The van der Waals surface area contributed by atoms with E-state index in [9.17, 15) is 9.59 Å². The van der Waals surface area contributed by atoms with Gasteiger partial charge in [-0.05, 0) is 31.4 Å². The van der Waals surface area contributed by atoms with Crippen molar-refractivity contribution in [3.8, 4) is 5.75 Å². The summed E-state index contributed by atoms with van der Waals surface area (Å²) < 4.78 is 5.62. The fourth-order valence-electron chi connectivity index (χ4n) is 2.48. The number of rotatable bonds is 5. The number of amides is 1. The number of carboxylic acid groups (broad SMARTS) is 1. The van der Waals surface area contributed by atoms with Crippen molar-refractivity contribution in [3.05, 3.63) is 29.8 Å². The SMILES string of the molecule is CCCOc1ccccc1C(=O)N1CCC(C(=O)O)CC1. The largest absolute Gasteiger partial charge is 0.493 e. The number of likely N-dealkylation sites (tertiary alicyclic amines) is 1. The van der Waals surface area contributed by atoms with Gasteiger partial charge in [-0.2, -0.15) is 0 Å². The quantitative estimate of drug-likeness (QED) is 0.904. The first-order valence-electron chi connectivity index (χ1n) is 7.37. The summed E-state index contributed by atoms with van der Waals surface area (Å²) in [5.41, 5.74) is 0.555. The van der Waals surface area contributed by atoms with Crippen LogP contribution in [-0.2, 0) is 4.79 Å². The topological polar surface area (TPSA) is 66.8 Å². The molecule has 1 fully saturated rings. The second-order valence-corrected chi connectivity index (χ2v) is 5.25. The van der Waals surface area contributed by atoms with Gasteiger partial charge in [-0.3, -0.25) is 9.59 Å². The van der Waals surface area contributed by atoms with Gasteiger partial charge in [0.15, 0.2) is 0 Å². The number of para-hydroxylation sites is 1. The smallest absolute Gasteiger partial charge is 0.306 e. The predicted octanol–water partition coefficient (Wildman–Crippen LogP) is 2.41. The minimum atomic E-state index is -0.770. The third-order valence-corrected chi connectivity index (χ3v) is 3.71. The molecular weight excluding hydrogens is 270 g/mol. The second kappa shape index (κ2) is 7.11. The third kappa shape index (κ3) is 3.74. The highest BCUT2D eigenvalue weighted by atomic mass is 16.5. The Bertz CT molecular complexity index is 507. The molecule has 0 unspecified atom stereocenters. The van der Waals surface area contributed by atoms with Gasteiger partial charge in [-0.15, -0.1) is 0 Å². The molecule has 1 saturated heterocycles. The van der Waals surface area contributed by atoms with Crippen LogP contribution in [0.15, 0.2) is 24.3 Å². The zero-order valence-electron chi connectivity index (χ0n) is 12.2. The molecule has 5 heteroatoms. The van der Waals surface area contributed by atoms with Gasteiger partial charge < -0.3 is 14.7 Å². The van der Waals surface area contributed by atoms with Crippen molar-refractivity contribution in [2.75, 3.05) is 19.7 Å². The second-order valence-electron chi connectivity index (χ2n) is 5.25. The van der Waals surface area contributed by atoms with Crippen molar-refractivity contribution in [1.29, 1.82) is 0 Å². The maximum Gasteiger partial charge on any atom is 0.306 e. The molecule has 0 aromatic heterocycles. The van der Waals surface area contributed by atoms with Crippen LogP contribution in [0.5, 0.6) is 5.75 Å². The van der Waals surface area contributed by atoms with Gasteiger partial charge in [0.1, 0.15) is 5.75 Å². The van der Waals surface area contributed by atoms with E-state index in [2.05, 4.69) is 0 Å². The summed E-state index contributed by atoms with van der Waals surface area (Å²) in [7, 11) is 0. The lowest BCUT2D eigenvalue weighted by Crippen LogP contribution is -2.40. The van der Waals surface area contributed by atoms with E-state index in [4.69, 9.17) is 9.84 Å². The fraction of sp³-hybridized carbons (Fsp3) is 0.500. The van der Waals surface area contributed by atoms with E-state index in [1.807, 2.05) is 19.1 Å². The van der Waals surface area contributed by atoms with E-state index in [1.165, 1.54) is 0 Å². The number of nitrogens with zero attached hydrogens (tertiary/aromatic N) is 1. The standard InChI is InChI=1S/C16H21NO4/c1-2-11-21-14-6-4-3-5-13(14)15(18)17-9-7-12(8-10-17)16(19)20/h3-6,12H,2,7-11H2,1H3,(H,19,20). The van der Waals surface area contributed by atoms with E-state index < -0.39 is 5.97 Å². The van der Waals surface area contributed by atoms with Crippen molar-refractivity contribution in [1.82, 2.24) is 4.90 Å². The van der Waals surface area contributed by atoms with Crippen molar-refractivity contribution in [3.63, 3.8) is 0 Å². The number of benzene rings is 1. The molecule has 1 aliphatic rings. The molecule has 1 aliphatic heterocycles. The molecule has 1 N–H and O–H groups in total. The molecule has 0 spiro atoms. The minimum Gasteiger partial charge on any atom is -0.493 e. The molecule has 114 valence electrons. The first kappa shape index (κ1) is 15.4. The monoisotopic (exact) mass is 291 g/mol. The first-order chi connectivity index (χ1) is 10.1. The molecule has 0 bridgehead atoms. The van der Waals surface area contributed by atoms with Crippen LogP contribution in [0.25, 0.3) is 0 Å². The van der Waals surface area contributed by atoms with Gasteiger partial charge >= 0.3 is 5.97 Å². The molecule has 1 aromatic rings. The minimum absolute atomic E-state index is 0.0782. The summed E-state index contributed by atoms with van der Waals surface area (Å²) in [4.78, 5) is 25.2. The van der Waals surface area contributed by atoms with E-state index >= 15 is 0 Å². The Hall–Kier alpha value is -2.04. The molecule has 1 amide bonds. The van der Waals surface area contributed by atoms with Gasteiger partial charge in [0, 0.05) is 13.1 Å². The van der Waals surface area contributed by atoms with Crippen molar-refractivity contribution >= 4 is 11.9 Å². The number of carbonyl (C=O) groups is 2. The molecule has 2 rings (SSSR count). The molecular formula is C16H21NO4. The summed E-state index contributed by atoms with van der Waals surface area (Å²) in [6.07, 6.45) is 1.91. The molecule has 21 heavy (non-hydrogen) atoms. The zero-order valence-corrected chi connectivity index (χ0v) is 12.2. The summed E-state index contributed by atoms with van der Waals surface area (Å²) >= 11 is 0. The lowest BCUT2D eigenvalue weighted by atomic mass is 9.96. The predicted molar refractivity (Wildman–Crippen MR) is 78.5 cm³/mol. The summed E-state index contributed by atoms with van der Waals surface area (Å²) in [5, 5.41) is 9.00. The van der Waals surface area contributed by atoms with Crippen LogP contribution < -0.4 is 4.74 Å². The highest BCUT2D eigenvalue weighted by Gasteiger charge is 2.28. The van der Waals surface area contributed by atoms with Gasteiger partial charge in [0.05, 0.1) is 18.1 Å². The Balaban J connectivity index is 2.05. The number of carboxylic acids is 1. The van der Waals surface area contributed by atoms with Crippen LogP contribution in [0.2, 0.25) is 0 Å². The normalized spacial score (nSPS) is 15.8. The molecule has 0 saturated carbocycles. The third-order valence-electron chi connectivity index (χ3n) is 3.71. The Morgan fingerprint density at radius 2 is 1.95 bits per heavy atom. The molecule has 1 heterocycles. The van der Waals surface area contributed by atoms with Gasteiger partial charge in [-0.1, -0.05) is 19.1 Å². The number of ether oxygens (including phenoxy) is 1. The fourth-order valence-corrected chi connectivity index (χ4v) is 2.48. The maximum atomic E-state index is 12.6. The molecule has 1 aromatic carbocycles. The number of hydrogen-bond donors (Lipinski definition) is 1. The number of aliphatic carboxylic acids is 1. The average molecular weight is 291 g/mol. The Labute approximate surface area is 124 Å². The summed E-state index contributed by atoms with van der Waals surface area (Å²) in [6.45, 7) is 3.56. The first-order valence-corrected chi connectivity index (χ1v) is 7.37. The average Bonchev–Trinajstić information content (AvgIpc) is 2.52.